The number of nitro benzene ring substituents is 1. The summed E-state index contributed by atoms with van der Waals surface area (Å²) in [6, 6.07) is 16.8. The molecule has 2 N–H and O–H groups in total. The number of rotatable bonds is 7. The molecule has 11 heteroatoms. The van der Waals surface area contributed by atoms with Gasteiger partial charge in [0.2, 0.25) is 5.75 Å². The Morgan fingerprint density at radius 1 is 1.11 bits per heavy atom. The standard InChI is InChI=1S/C24H16ClN3O7/c25-19-11-15(10-18-22(29)26-27(23(18)30)17-4-2-1-3-5-17)12-20(28(33)34)21(19)35-13-14-6-8-16(9-7-14)24(31)32/h1-12H,13H2,(H,26,29)(H,31,32)/b18-10-. The van der Waals surface area contributed by atoms with E-state index in [2.05, 4.69) is 5.43 Å². The molecule has 0 saturated carbocycles. The summed E-state index contributed by atoms with van der Waals surface area (Å²) in [5.74, 6) is -2.57. The fraction of sp³-hybridized carbons (Fsp3) is 0.0417. The molecule has 1 aliphatic heterocycles. The summed E-state index contributed by atoms with van der Waals surface area (Å²) in [4.78, 5) is 47.1. The highest BCUT2D eigenvalue weighted by atomic mass is 35.5. The minimum atomic E-state index is -1.08. The van der Waals surface area contributed by atoms with Crippen LogP contribution in [0.3, 0.4) is 0 Å². The van der Waals surface area contributed by atoms with Crippen LogP contribution >= 0.6 is 11.6 Å². The lowest BCUT2D eigenvalue weighted by molar-refractivity contribution is -0.385. The van der Waals surface area contributed by atoms with Gasteiger partial charge in [0, 0.05) is 6.07 Å². The first-order valence-corrected chi connectivity index (χ1v) is 10.5. The van der Waals surface area contributed by atoms with Crippen LogP contribution in [0.5, 0.6) is 5.75 Å². The van der Waals surface area contributed by atoms with Crippen molar-refractivity contribution in [3.8, 4) is 5.75 Å². The van der Waals surface area contributed by atoms with Crippen molar-refractivity contribution in [2.75, 3.05) is 5.01 Å². The number of carbonyl (C=O) groups excluding carboxylic acids is 2. The van der Waals surface area contributed by atoms with E-state index in [0.717, 1.165) is 11.1 Å². The highest BCUT2D eigenvalue weighted by molar-refractivity contribution is 6.33. The summed E-state index contributed by atoms with van der Waals surface area (Å²) in [7, 11) is 0. The third-order valence-electron chi connectivity index (χ3n) is 5.04. The van der Waals surface area contributed by atoms with Crippen LogP contribution in [0.1, 0.15) is 21.5 Å². The van der Waals surface area contributed by atoms with E-state index < -0.39 is 28.4 Å². The summed E-state index contributed by atoms with van der Waals surface area (Å²) in [6.45, 7) is -0.103. The van der Waals surface area contributed by atoms with Crippen LogP contribution in [-0.4, -0.2) is 27.8 Å². The Morgan fingerprint density at radius 3 is 2.43 bits per heavy atom. The zero-order chi connectivity index (χ0) is 25.1. The number of halogens is 1. The van der Waals surface area contributed by atoms with Gasteiger partial charge in [0.1, 0.15) is 12.2 Å². The number of hydrogen-bond acceptors (Lipinski definition) is 6. The molecule has 10 nitrogen and oxygen atoms in total. The number of nitro groups is 1. The highest BCUT2D eigenvalue weighted by Crippen LogP contribution is 2.37. The van der Waals surface area contributed by atoms with Gasteiger partial charge in [-0.25, -0.2) is 9.80 Å². The summed E-state index contributed by atoms with van der Waals surface area (Å²) in [5.41, 5.74) is 3.05. The van der Waals surface area contributed by atoms with Crippen molar-refractivity contribution in [3.05, 3.63) is 104 Å². The van der Waals surface area contributed by atoms with E-state index >= 15 is 0 Å². The Labute approximate surface area is 203 Å². The lowest BCUT2D eigenvalue weighted by Gasteiger charge is -2.13. The lowest BCUT2D eigenvalue weighted by atomic mass is 10.1. The monoisotopic (exact) mass is 493 g/mol. The SMILES string of the molecule is O=C1NN(c2ccccc2)C(=O)/C1=C\c1cc(Cl)c(OCc2ccc(C(=O)O)cc2)c([N+](=O)[O-])c1. The number of nitrogens with one attached hydrogen (secondary N) is 1. The number of carboxylic acids is 1. The number of carboxylic acid groups (broad SMARTS) is 1. The quantitative estimate of drug-likeness (QED) is 0.219. The first kappa shape index (κ1) is 23.5. The summed E-state index contributed by atoms with van der Waals surface area (Å²) in [6.07, 6.45) is 1.22. The molecule has 0 aromatic heterocycles. The maximum Gasteiger partial charge on any atom is 0.335 e. The van der Waals surface area contributed by atoms with Gasteiger partial charge in [-0.3, -0.25) is 25.1 Å². The molecule has 0 atom stereocenters. The van der Waals surface area contributed by atoms with Crippen LogP contribution in [0.4, 0.5) is 11.4 Å². The van der Waals surface area contributed by atoms with E-state index in [1.807, 2.05) is 0 Å². The van der Waals surface area contributed by atoms with Crippen LogP contribution in [0.25, 0.3) is 6.08 Å². The fourth-order valence-corrected chi connectivity index (χ4v) is 3.62. The Morgan fingerprint density at radius 2 is 1.80 bits per heavy atom. The summed E-state index contributed by atoms with van der Waals surface area (Å²) >= 11 is 6.26. The second-order valence-electron chi connectivity index (χ2n) is 7.37. The van der Waals surface area contributed by atoms with E-state index in [1.165, 1.54) is 36.4 Å². The van der Waals surface area contributed by atoms with Crippen molar-refractivity contribution in [1.82, 2.24) is 5.43 Å². The molecule has 0 unspecified atom stereocenters. The first-order valence-electron chi connectivity index (χ1n) is 10.1. The van der Waals surface area contributed by atoms with Crippen molar-refractivity contribution < 1.29 is 29.2 Å². The molecule has 3 aromatic rings. The molecule has 0 radical (unpaired) electrons. The van der Waals surface area contributed by atoms with Crippen LogP contribution < -0.4 is 15.2 Å². The average Bonchev–Trinajstić information content (AvgIpc) is 3.12. The van der Waals surface area contributed by atoms with Crippen molar-refractivity contribution in [3.63, 3.8) is 0 Å². The van der Waals surface area contributed by atoms with Gasteiger partial charge in [-0.05, 0) is 47.5 Å². The average molecular weight is 494 g/mol. The Bertz CT molecular complexity index is 1370. The molecular weight excluding hydrogens is 478 g/mol. The number of carbonyl (C=O) groups is 3. The maximum absolute atomic E-state index is 12.8. The van der Waals surface area contributed by atoms with E-state index in [4.69, 9.17) is 21.4 Å². The number of nitrogens with zero attached hydrogens (tertiary/aromatic N) is 2. The molecule has 0 aliphatic carbocycles. The van der Waals surface area contributed by atoms with Crippen molar-refractivity contribution in [2.45, 2.75) is 6.61 Å². The number of benzene rings is 3. The van der Waals surface area contributed by atoms with Crippen LogP contribution in [0.2, 0.25) is 5.02 Å². The number of amides is 2. The van der Waals surface area contributed by atoms with Gasteiger partial charge in [0.15, 0.2) is 0 Å². The molecule has 0 bridgehead atoms. The third kappa shape index (κ3) is 4.97. The zero-order valence-corrected chi connectivity index (χ0v) is 18.6. The molecule has 1 fully saturated rings. The van der Waals surface area contributed by atoms with E-state index in [-0.39, 0.29) is 34.1 Å². The van der Waals surface area contributed by atoms with Gasteiger partial charge in [-0.2, -0.15) is 0 Å². The van der Waals surface area contributed by atoms with E-state index in [0.29, 0.717) is 11.3 Å². The smallest absolute Gasteiger partial charge is 0.335 e. The van der Waals surface area contributed by atoms with Gasteiger partial charge < -0.3 is 9.84 Å². The number of hydrogen-bond donors (Lipinski definition) is 2. The molecule has 176 valence electrons. The predicted octanol–water partition coefficient (Wildman–Crippen LogP) is 3.99. The maximum atomic E-state index is 12.8. The molecule has 2 amide bonds. The first-order chi connectivity index (χ1) is 16.7. The highest BCUT2D eigenvalue weighted by Gasteiger charge is 2.34. The summed E-state index contributed by atoms with van der Waals surface area (Å²) in [5, 5.41) is 21.6. The van der Waals surface area contributed by atoms with Crippen LogP contribution in [0, 0.1) is 10.1 Å². The predicted molar refractivity (Wildman–Crippen MR) is 126 cm³/mol. The molecule has 3 aromatic carbocycles. The fourth-order valence-electron chi connectivity index (χ4n) is 3.34. The number of aromatic carboxylic acids is 1. The van der Waals surface area contributed by atoms with Gasteiger partial charge in [0.05, 0.1) is 21.2 Å². The Hall–Kier alpha value is -4.70. The molecule has 4 rings (SSSR count). The topological polar surface area (TPSA) is 139 Å². The summed E-state index contributed by atoms with van der Waals surface area (Å²) < 4.78 is 5.56. The number of anilines is 1. The van der Waals surface area contributed by atoms with Crippen molar-refractivity contribution in [2.24, 2.45) is 0 Å². The number of hydrazine groups is 1. The van der Waals surface area contributed by atoms with Gasteiger partial charge in [-0.15, -0.1) is 0 Å². The third-order valence-corrected chi connectivity index (χ3v) is 5.32. The molecular formula is C24H16ClN3O7. The second-order valence-corrected chi connectivity index (χ2v) is 7.78. The van der Waals surface area contributed by atoms with E-state index in [1.54, 1.807) is 30.3 Å². The molecule has 1 aliphatic rings. The lowest BCUT2D eigenvalue weighted by Crippen LogP contribution is -2.35. The van der Waals surface area contributed by atoms with Crippen molar-refractivity contribution >= 4 is 46.8 Å². The second kappa shape index (κ2) is 9.65. The molecule has 1 heterocycles. The normalized spacial score (nSPS) is 14.2. The van der Waals surface area contributed by atoms with Gasteiger partial charge in [-0.1, -0.05) is 41.9 Å². The molecule has 1 saturated heterocycles. The van der Waals surface area contributed by atoms with Crippen LogP contribution in [-0.2, 0) is 16.2 Å². The molecule has 35 heavy (non-hydrogen) atoms. The van der Waals surface area contributed by atoms with E-state index in [9.17, 15) is 24.5 Å². The van der Waals surface area contributed by atoms with Gasteiger partial charge in [0.25, 0.3) is 11.8 Å². The van der Waals surface area contributed by atoms with Crippen molar-refractivity contribution in [1.29, 1.82) is 0 Å². The Balaban J connectivity index is 1.60. The zero-order valence-electron chi connectivity index (χ0n) is 17.8. The van der Waals surface area contributed by atoms with Crippen LogP contribution in [0.15, 0.2) is 72.3 Å². The Kier molecular flexibility index (Phi) is 6.47. The number of ether oxygens (including phenoxy) is 1. The van der Waals surface area contributed by atoms with Gasteiger partial charge >= 0.3 is 11.7 Å². The molecule has 0 spiro atoms. The minimum absolute atomic E-state index is 0.0893. The number of para-hydroxylation sites is 1. The minimum Gasteiger partial charge on any atom is -0.481 e. The largest absolute Gasteiger partial charge is 0.481 e.